The third kappa shape index (κ3) is 2.82. The van der Waals surface area contributed by atoms with E-state index in [2.05, 4.69) is 14.9 Å². The van der Waals surface area contributed by atoms with Crippen LogP contribution >= 0.6 is 0 Å². The van der Waals surface area contributed by atoms with E-state index in [0.717, 1.165) is 25.9 Å². The van der Waals surface area contributed by atoms with Crippen molar-refractivity contribution in [1.29, 1.82) is 5.26 Å². The van der Waals surface area contributed by atoms with Gasteiger partial charge < -0.3 is 15.4 Å². The number of hydrogen-bond acceptors (Lipinski definition) is 6. The van der Waals surface area contributed by atoms with E-state index in [-0.39, 0.29) is 23.5 Å². The van der Waals surface area contributed by atoms with Crippen LogP contribution in [0.3, 0.4) is 0 Å². The minimum atomic E-state index is 0.0527. The number of likely N-dealkylation sites (N-methyl/N-ethyl adjacent to an activating group) is 1. The van der Waals surface area contributed by atoms with Gasteiger partial charge in [0.2, 0.25) is 5.69 Å². The topological polar surface area (TPSA) is 88.1 Å². The summed E-state index contributed by atoms with van der Waals surface area (Å²) in [6.45, 7) is 1.91. The molecule has 0 saturated carbocycles. The molecule has 90 valence electrons. The van der Waals surface area contributed by atoms with E-state index in [9.17, 15) is 0 Å². The lowest BCUT2D eigenvalue weighted by Crippen LogP contribution is -2.38. The molecule has 1 atom stereocenters. The number of ether oxygens (including phenoxy) is 1. The Morgan fingerprint density at radius 2 is 2.47 bits per heavy atom. The number of anilines is 1. The van der Waals surface area contributed by atoms with E-state index in [0.29, 0.717) is 0 Å². The molecule has 2 heterocycles. The maximum absolute atomic E-state index is 8.91. The number of piperidine rings is 1. The van der Waals surface area contributed by atoms with Crippen molar-refractivity contribution in [3.63, 3.8) is 0 Å². The lowest BCUT2D eigenvalue weighted by Gasteiger charge is -2.29. The largest absolute Gasteiger partial charge is 0.471 e. The molecule has 1 saturated heterocycles. The highest BCUT2D eigenvalue weighted by atomic mass is 16.5. The maximum Gasteiger partial charge on any atom is 0.253 e. The smallest absolute Gasteiger partial charge is 0.253 e. The van der Waals surface area contributed by atoms with E-state index >= 15 is 0 Å². The first-order valence-electron chi connectivity index (χ1n) is 5.57. The molecular weight excluding hydrogens is 218 g/mol. The number of hydrogen-bond donors (Lipinski definition) is 1. The van der Waals surface area contributed by atoms with Crippen molar-refractivity contribution < 1.29 is 4.74 Å². The van der Waals surface area contributed by atoms with Gasteiger partial charge in [-0.05, 0) is 26.4 Å². The SMILES string of the molecule is CN1CCCC(Oc2nc(N)cnc2C#N)C1. The molecule has 6 heteroatoms. The maximum atomic E-state index is 8.91. The zero-order valence-electron chi connectivity index (χ0n) is 9.76. The second kappa shape index (κ2) is 4.97. The average molecular weight is 233 g/mol. The summed E-state index contributed by atoms with van der Waals surface area (Å²) in [5, 5.41) is 8.91. The summed E-state index contributed by atoms with van der Waals surface area (Å²) in [4.78, 5) is 10.1. The zero-order chi connectivity index (χ0) is 12.3. The van der Waals surface area contributed by atoms with Gasteiger partial charge in [0, 0.05) is 6.54 Å². The minimum Gasteiger partial charge on any atom is -0.471 e. The van der Waals surface area contributed by atoms with E-state index in [1.807, 2.05) is 13.1 Å². The minimum absolute atomic E-state index is 0.0527. The molecule has 1 unspecified atom stereocenters. The molecule has 17 heavy (non-hydrogen) atoms. The average Bonchev–Trinajstić information content (AvgIpc) is 2.29. The van der Waals surface area contributed by atoms with Gasteiger partial charge in [-0.25, -0.2) is 4.98 Å². The second-order valence-electron chi connectivity index (χ2n) is 4.20. The summed E-state index contributed by atoms with van der Waals surface area (Å²) < 4.78 is 5.71. The Morgan fingerprint density at radius 3 is 3.18 bits per heavy atom. The predicted molar refractivity (Wildman–Crippen MR) is 62.3 cm³/mol. The van der Waals surface area contributed by atoms with Crippen LogP contribution in [0.1, 0.15) is 18.5 Å². The molecule has 1 aliphatic rings. The number of nitriles is 1. The highest BCUT2D eigenvalue weighted by Crippen LogP contribution is 2.19. The Hall–Kier alpha value is -1.87. The van der Waals surface area contributed by atoms with Crippen LogP contribution in [0.4, 0.5) is 5.82 Å². The molecular formula is C11H15N5O. The Bertz CT molecular complexity index is 442. The summed E-state index contributed by atoms with van der Waals surface area (Å²) in [5.74, 6) is 0.510. The Morgan fingerprint density at radius 1 is 1.65 bits per heavy atom. The number of aromatic nitrogens is 2. The lowest BCUT2D eigenvalue weighted by molar-refractivity contribution is 0.0994. The molecule has 0 aromatic carbocycles. The molecule has 0 aliphatic carbocycles. The second-order valence-corrected chi connectivity index (χ2v) is 4.20. The van der Waals surface area contributed by atoms with Crippen LogP contribution in [0.2, 0.25) is 0 Å². The summed E-state index contributed by atoms with van der Waals surface area (Å²) in [6.07, 6.45) is 3.46. The quantitative estimate of drug-likeness (QED) is 0.795. The fourth-order valence-corrected chi connectivity index (χ4v) is 1.92. The van der Waals surface area contributed by atoms with Crippen LogP contribution in [0, 0.1) is 11.3 Å². The zero-order valence-corrected chi connectivity index (χ0v) is 9.76. The summed E-state index contributed by atoms with van der Waals surface area (Å²) in [7, 11) is 2.05. The number of nitrogens with two attached hydrogens (primary N) is 1. The van der Waals surface area contributed by atoms with Crippen LogP contribution in [-0.4, -0.2) is 41.1 Å². The number of nitrogen functional groups attached to an aromatic ring is 1. The van der Waals surface area contributed by atoms with Crippen LogP contribution in [0.5, 0.6) is 5.88 Å². The van der Waals surface area contributed by atoms with E-state index in [1.54, 1.807) is 0 Å². The fourth-order valence-electron chi connectivity index (χ4n) is 1.92. The Balaban J connectivity index is 2.12. The lowest BCUT2D eigenvalue weighted by atomic mass is 10.1. The van der Waals surface area contributed by atoms with Gasteiger partial charge in [0.25, 0.3) is 5.88 Å². The van der Waals surface area contributed by atoms with Gasteiger partial charge in [0.1, 0.15) is 18.0 Å². The van der Waals surface area contributed by atoms with Gasteiger partial charge in [-0.2, -0.15) is 10.2 Å². The van der Waals surface area contributed by atoms with Gasteiger partial charge in [0.15, 0.2) is 0 Å². The first kappa shape index (κ1) is 11.6. The fraction of sp³-hybridized carbons (Fsp3) is 0.545. The third-order valence-corrected chi connectivity index (χ3v) is 2.72. The predicted octanol–water partition coefficient (Wildman–Crippen LogP) is 0.403. The number of rotatable bonds is 2. The summed E-state index contributed by atoms with van der Waals surface area (Å²) >= 11 is 0. The van der Waals surface area contributed by atoms with Crippen molar-refractivity contribution >= 4 is 5.82 Å². The summed E-state index contributed by atoms with van der Waals surface area (Å²) in [6, 6.07) is 1.96. The Kier molecular flexibility index (Phi) is 3.40. The van der Waals surface area contributed by atoms with Crippen molar-refractivity contribution in [3.05, 3.63) is 11.9 Å². The monoisotopic (exact) mass is 233 g/mol. The van der Waals surface area contributed by atoms with Crippen molar-refractivity contribution in [2.75, 3.05) is 25.9 Å². The molecule has 0 spiro atoms. The molecule has 0 radical (unpaired) electrons. The third-order valence-electron chi connectivity index (χ3n) is 2.72. The van der Waals surface area contributed by atoms with Crippen molar-refractivity contribution in [1.82, 2.24) is 14.9 Å². The molecule has 1 aromatic heterocycles. The normalized spacial score (nSPS) is 20.8. The highest BCUT2D eigenvalue weighted by Gasteiger charge is 2.20. The van der Waals surface area contributed by atoms with E-state index in [1.165, 1.54) is 6.20 Å². The van der Waals surface area contributed by atoms with Crippen LogP contribution in [0.25, 0.3) is 0 Å². The molecule has 0 amide bonds. The molecule has 1 fully saturated rings. The van der Waals surface area contributed by atoms with Gasteiger partial charge in [-0.15, -0.1) is 0 Å². The molecule has 6 nitrogen and oxygen atoms in total. The number of likely N-dealkylation sites (tertiary alicyclic amines) is 1. The first-order valence-corrected chi connectivity index (χ1v) is 5.57. The molecule has 1 aromatic rings. The van der Waals surface area contributed by atoms with E-state index in [4.69, 9.17) is 15.7 Å². The first-order chi connectivity index (χ1) is 8.19. The molecule has 0 bridgehead atoms. The molecule has 2 rings (SSSR count). The van der Waals surface area contributed by atoms with Crippen molar-refractivity contribution in [2.45, 2.75) is 18.9 Å². The Labute approximate surface area is 100 Å². The molecule has 1 aliphatic heterocycles. The summed E-state index contributed by atoms with van der Waals surface area (Å²) in [5.41, 5.74) is 5.73. The van der Waals surface area contributed by atoms with Gasteiger partial charge in [-0.3, -0.25) is 0 Å². The highest BCUT2D eigenvalue weighted by molar-refractivity contribution is 5.37. The van der Waals surface area contributed by atoms with Gasteiger partial charge >= 0.3 is 0 Å². The van der Waals surface area contributed by atoms with Crippen LogP contribution < -0.4 is 10.5 Å². The van der Waals surface area contributed by atoms with Gasteiger partial charge in [0.05, 0.1) is 6.20 Å². The van der Waals surface area contributed by atoms with Gasteiger partial charge in [-0.1, -0.05) is 0 Å². The number of nitrogens with zero attached hydrogens (tertiary/aromatic N) is 4. The standard InChI is InChI=1S/C11H15N5O/c1-16-4-2-3-8(7-16)17-11-9(5-12)14-6-10(13)15-11/h6,8H,2-4,7H2,1H3,(H2,13,15). The van der Waals surface area contributed by atoms with Crippen LogP contribution in [-0.2, 0) is 0 Å². The van der Waals surface area contributed by atoms with Crippen LogP contribution in [0.15, 0.2) is 6.20 Å². The molecule has 2 N–H and O–H groups in total. The van der Waals surface area contributed by atoms with Crippen molar-refractivity contribution in [3.8, 4) is 11.9 Å². The van der Waals surface area contributed by atoms with E-state index < -0.39 is 0 Å². The van der Waals surface area contributed by atoms with Crippen molar-refractivity contribution in [2.24, 2.45) is 0 Å².